The van der Waals surface area contributed by atoms with Gasteiger partial charge in [-0.05, 0) is 0 Å². The van der Waals surface area contributed by atoms with Crippen molar-refractivity contribution in [2.24, 2.45) is 0 Å². The van der Waals surface area contributed by atoms with Gasteiger partial charge in [0.25, 0.3) is 0 Å². The van der Waals surface area contributed by atoms with Crippen LogP contribution >= 0.6 is 15.9 Å². The third-order valence-corrected chi connectivity index (χ3v) is 8.79. The number of benzene rings is 1. The Labute approximate surface area is 180 Å². The van der Waals surface area contributed by atoms with E-state index in [-0.39, 0.29) is 3.08 Å². The molecule has 1 heterocycles. The van der Waals surface area contributed by atoms with Crippen molar-refractivity contribution in [3.63, 3.8) is 0 Å². The fourth-order valence-electron chi connectivity index (χ4n) is 1.97. The fourth-order valence-corrected chi connectivity index (χ4v) is 6.19. The van der Waals surface area contributed by atoms with E-state index in [1.807, 2.05) is 0 Å². The number of allylic oxidation sites excluding steroid dienone is 5. The predicted molar refractivity (Wildman–Crippen MR) is 95.6 cm³/mol. The quantitative estimate of drug-likeness (QED) is 0.174. The molecule has 0 aliphatic heterocycles. The summed E-state index contributed by atoms with van der Waals surface area (Å²) >= 11 is 0.141. The Morgan fingerprint density at radius 2 is 1.79 bits per heavy atom. The van der Waals surface area contributed by atoms with Crippen molar-refractivity contribution in [3.05, 3.63) is 85.8 Å². The number of furan rings is 1. The average Bonchev–Trinajstić information content (AvgIpc) is 3.16. The van der Waals surface area contributed by atoms with Crippen LogP contribution in [0.25, 0.3) is 6.08 Å². The Kier molecular flexibility index (Phi) is 8.44. The number of hydrogen-bond donors (Lipinski definition) is 0. The van der Waals surface area contributed by atoms with Crippen LogP contribution in [0.15, 0.2) is 78.9 Å². The van der Waals surface area contributed by atoms with Gasteiger partial charge in [-0.3, -0.25) is 0 Å². The van der Waals surface area contributed by atoms with Crippen molar-refractivity contribution in [3.8, 4) is 0 Å². The summed E-state index contributed by atoms with van der Waals surface area (Å²) in [6, 6.07) is 9.84. The Morgan fingerprint density at radius 1 is 1.07 bits per heavy atom. The summed E-state index contributed by atoms with van der Waals surface area (Å²) in [5, 5.41) is 0. The molecule has 0 saturated carbocycles. The molecular formula is C19H12BrF3HgO4. The first kappa shape index (κ1) is 22.4. The monoisotopic (exact) mass is 642 g/mol. The van der Waals surface area contributed by atoms with E-state index in [1.165, 1.54) is 18.4 Å². The number of carbonyl (C=O) groups excluding carboxylic acids is 2. The number of Topliss-reactive ketones (excluding diaryl/α,β-unsaturated/α-hetero) is 1. The van der Waals surface area contributed by atoms with Crippen LogP contribution in [0.2, 0.25) is 0 Å². The number of carbonyl (C=O) groups is 2. The Balaban J connectivity index is 2.15. The zero-order valence-electron chi connectivity index (χ0n) is 14.3. The maximum atomic E-state index is 12.6. The predicted octanol–water partition coefficient (Wildman–Crippen LogP) is 5.48. The molecule has 28 heavy (non-hydrogen) atoms. The van der Waals surface area contributed by atoms with Crippen molar-refractivity contribution < 1.29 is 54.9 Å². The van der Waals surface area contributed by atoms with Gasteiger partial charge in [0.05, 0.1) is 0 Å². The zero-order chi connectivity index (χ0) is 20.6. The molecule has 0 spiro atoms. The fraction of sp³-hybridized carbons (Fsp3) is 0.0526. The third kappa shape index (κ3) is 7.24. The molecule has 0 fully saturated rings. The van der Waals surface area contributed by atoms with Gasteiger partial charge in [0.2, 0.25) is 0 Å². The molecule has 0 amide bonds. The topological polar surface area (TPSA) is 56.5 Å². The average molecular weight is 642 g/mol. The van der Waals surface area contributed by atoms with Crippen molar-refractivity contribution >= 4 is 33.8 Å². The Morgan fingerprint density at radius 3 is 2.39 bits per heavy atom. The van der Waals surface area contributed by atoms with Crippen LogP contribution in [0.5, 0.6) is 0 Å². The summed E-state index contributed by atoms with van der Waals surface area (Å²) in [6.45, 7) is 0. The van der Waals surface area contributed by atoms with Gasteiger partial charge in [-0.15, -0.1) is 0 Å². The molecule has 0 bridgehead atoms. The molecule has 142 valence electrons. The van der Waals surface area contributed by atoms with Gasteiger partial charge in [-0.25, -0.2) is 0 Å². The van der Waals surface area contributed by atoms with E-state index in [2.05, 4.69) is 18.6 Å². The zero-order valence-corrected chi connectivity index (χ0v) is 21.4. The second kappa shape index (κ2) is 10.6. The summed E-state index contributed by atoms with van der Waals surface area (Å²) in [5.41, 5.74) is 0.303. The first-order valence-electron chi connectivity index (χ1n) is 7.89. The number of rotatable bonds is 7. The molecule has 4 nitrogen and oxygen atoms in total. The summed E-state index contributed by atoms with van der Waals surface area (Å²) < 4.78 is 47.6. The third-order valence-electron chi connectivity index (χ3n) is 3.31. The first-order chi connectivity index (χ1) is 13.3. The summed E-state index contributed by atoms with van der Waals surface area (Å²) in [7, 11) is 0. The van der Waals surface area contributed by atoms with Gasteiger partial charge in [-0.1, -0.05) is 0 Å². The molecule has 0 unspecified atom stereocenters. The Hall–Kier alpha value is -1.93. The van der Waals surface area contributed by atoms with Crippen molar-refractivity contribution in [2.45, 2.75) is 6.18 Å². The van der Waals surface area contributed by atoms with Gasteiger partial charge in [0.1, 0.15) is 0 Å². The summed E-state index contributed by atoms with van der Waals surface area (Å²) in [4.78, 5) is 23.6. The molecule has 0 aliphatic carbocycles. The van der Waals surface area contributed by atoms with Crippen LogP contribution in [0.3, 0.4) is 0 Å². The van der Waals surface area contributed by atoms with E-state index in [4.69, 9.17) is 4.42 Å². The van der Waals surface area contributed by atoms with Crippen LogP contribution < -0.4 is 0 Å². The van der Waals surface area contributed by atoms with Crippen molar-refractivity contribution in [2.75, 3.05) is 0 Å². The molecule has 2 rings (SSSR count). The molecular weight excluding hydrogens is 630 g/mol. The molecule has 0 saturated heterocycles. The molecule has 9 heteroatoms. The summed E-state index contributed by atoms with van der Waals surface area (Å²) in [5.74, 6) is -2.09. The maximum absolute atomic E-state index is 12.6. The molecule has 1 aromatic heterocycles. The normalized spacial score (nSPS) is 12.4. The number of ketones is 1. The molecule has 2 aromatic rings. The SMILES string of the molecule is O=C(/[C](=C/C=C/C=C/c1ccco1)[Hg][O]C(=O)C(F)(F)F)c1ccc(Br)cc1. The van der Waals surface area contributed by atoms with E-state index in [0.29, 0.717) is 11.3 Å². The molecule has 0 radical (unpaired) electrons. The van der Waals surface area contributed by atoms with Gasteiger partial charge in [0.15, 0.2) is 0 Å². The standard InChI is InChI=1S/C17H12BrO2.C2HF3O2.Hg/c18-15-11-9-14(10-12-15)17(19)8-4-2-1-3-6-16-7-5-13-20-16;3-2(4,5)1(6)7;/h1-7,9-13H;(H,6,7);/q;;+1/p-1/b2-1+,6-3+,8-4?;;. The van der Waals surface area contributed by atoms with Gasteiger partial charge < -0.3 is 0 Å². The Bertz CT molecular complexity index is 898. The summed E-state index contributed by atoms with van der Waals surface area (Å²) in [6.07, 6.45) is 4.26. The van der Waals surface area contributed by atoms with Crippen LogP contribution in [0.4, 0.5) is 13.2 Å². The van der Waals surface area contributed by atoms with E-state index >= 15 is 0 Å². The van der Waals surface area contributed by atoms with Crippen LogP contribution in [-0.4, -0.2) is 17.9 Å². The van der Waals surface area contributed by atoms with Gasteiger partial charge in [0, 0.05) is 0 Å². The second-order valence-corrected chi connectivity index (χ2v) is 11.5. The number of halogens is 4. The van der Waals surface area contributed by atoms with Crippen molar-refractivity contribution in [1.29, 1.82) is 0 Å². The van der Waals surface area contributed by atoms with Gasteiger partial charge in [-0.2, -0.15) is 0 Å². The molecule has 0 atom stereocenters. The van der Waals surface area contributed by atoms with E-state index in [0.717, 1.165) is 4.47 Å². The van der Waals surface area contributed by atoms with E-state index in [9.17, 15) is 22.8 Å². The molecule has 1 aromatic carbocycles. The van der Waals surface area contributed by atoms with Crippen LogP contribution in [0.1, 0.15) is 16.1 Å². The van der Waals surface area contributed by atoms with Gasteiger partial charge >= 0.3 is 181 Å². The van der Waals surface area contributed by atoms with Crippen LogP contribution in [-0.2, 0) is 32.5 Å². The van der Waals surface area contributed by atoms with E-state index in [1.54, 1.807) is 54.6 Å². The van der Waals surface area contributed by atoms with E-state index < -0.39 is 43.0 Å². The van der Waals surface area contributed by atoms with Crippen molar-refractivity contribution in [1.82, 2.24) is 0 Å². The first-order valence-corrected chi connectivity index (χ1v) is 13.7. The molecule has 0 N–H and O–H groups in total. The number of hydrogen-bond acceptors (Lipinski definition) is 4. The van der Waals surface area contributed by atoms with Crippen LogP contribution in [0, 0.1) is 0 Å². The number of alkyl halides is 3. The second-order valence-electron chi connectivity index (χ2n) is 5.36. The minimum absolute atomic E-state index is 0.113. The minimum atomic E-state index is -5.08. The molecule has 0 aliphatic rings.